The quantitative estimate of drug-likeness (QED) is 0.636. The fourth-order valence-corrected chi connectivity index (χ4v) is 4.13. The highest BCUT2D eigenvalue weighted by Gasteiger charge is 2.32. The van der Waals surface area contributed by atoms with Crippen molar-refractivity contribution in [1.29, 1.82) is 0 Å². The number of anilines is 1. The van der Waals surface area contributed by atoms with Gasteiger partial charge in [0, 0.05) is 27.7 Å². The van der Waals surface area contributed by atoms with Crippen LogP contribution in [0.15, 0.2) is 54.6 Å². The van der Waals surface area contributed by atoms with Crippen molar-refractivity contribution in [3.63, 3.8) is 0 Å². The first-order valence-corrected chi connectivity index (χ1v) is 11.3. The van der Waals surface area contributed by atoms with E-state index in [1.165, 1.54) is 26.0 Å². The Morgan fingerprint density at radius 3 is 2.13 bits per heavy atom. The zero-order valence-electron chi connectivity index (χ0n) is 18.6. The number of para-hydroxylation sites is 1. The van der Waals surface area contributed by atoms with Crippen LogP contribution in [0.3, 0.4) is 0 Å². The van der Waals surface area contributed by atoms with Crippen LogP contribution >= 0.6 is 0 Å². The van der Waals surface area contributed by atoms with Crippen molar-refractivity contribution < 1.29 is 18.0 Å². The van der Waals surface area contributed by atoms with E-state index in [1.807, 2.05) is 31.2 Å². The minimum absolute atomic E-state index is 0.185. The molecule has 0 aliphatic rings. The molecule has 0 radical (unpaired) electrons. The molecule has 2 amide bonds. The molecule has 0 saturated heterocycles. The average Bonchev–Trinajstić information content (AvgIpc) is 2.76. The van der Waals surface area contributed by atoms with Gasteiger partial charge in [0.05, 0.1) is 5.69 Å². The van der Waals surface area contributed by atoms with Gasteiger partial charge in [0.2, 0.25) is 11.8 Å². The predicted molar refractivity (Wildman–Crippen MR) is 122 cm³/mol. The molecular formula is C22H30N4O4S. The van der Waals surface area contributed by atoms with E-state index >= 15 is 0 Å². The highest BCUT2D eigenvalue weighted by molar-refractivity contribution is 7.90. The molecule has 0 saturated carbocycles. The second kappa shape index (κ2) is 10.4. The molecule has 168 valence electrons. The zero-order valence-corrected chi connectivity index (χ0v) is 19.4. The number of nitrogens with one attached hydrogen (secondary N) is 1. The number of nitrogens with zero attached hydrogens (tertiary/aromatic N) is 3. The van der Waals surface area contributed by atoms with Gasteiger partial charge in [-0.15, -0.1) is 0 Å². The molecule has 0 fully saturated rings. The van der Waals surface area contributed by atoms with Crippen molar-refractivity contribution >= 4 is 27.7 Å². The normalized spacial score (nSPS) is 12.3. The average molecular weight is 447 g/mol. The number of hydrogen-bond acceptors (Lipinski definition) is 4. The minimum atomic E-state index is -3.93. The standard InChI is InChI=1S/C22H30N4O4S/c1-17-11-9-10-12-19(17)15-25(18(2)22(28)23-3)21(27)16-26(31(29,30)24(4)5)20-13-7-6-8-14-20/h6-14,18H,15-16H2,1-5H3,(H,23,28)/t18-/m1/s1. The molecule has 0 unspecified atom stereocenters. The monoisotopic (exact) mass is 446 g/mol. The molecule has 0 aromatic heterocycles. The minimum Gasteiger partial charge on any atom is -0.357 e. The molecule has 2 aromatic rings. The van der Waals surface area contributed by atoms with Crippen LogP contribution in [0.4, 0.5) is 5.69 Å². The fourth-order valence-electron chi connectivity index (χ4n) is 3.07. The highest BCUT2D eigenvalue weighted by Crippen LogP contribution is 2.21. The predicted octanol–water partition coefficient (Wildman–Crippen LogP) is 1.77. The number of amides is 2. The number of carbonyl (C=O) groups is 2. The highest BCUT2D eigenvalue weighted by atomic mass is 32.2. The Labute approximate surface area is 184 Å². The van der Waals surface area contributed by atoms with Crippen LogP contribution in [0.5, 0.6) is 0 Å². The zero-order chi connectivity index (χ0) is 23.2. The lowest BCUT2D eigenvalue weighted by molar-refractivity contribution is -0.139. The van der Waals surface area contributed by atoms with Crippen molar-refractivity contribution in [1.82, 2.24) is 14.5 Å². The van der Waals surface area contributed by atoms with Crippen molar-refractivity contribution in [2.75, 3.05) is 32.0 Å². The number of carbonyl (C=O) groups excluding carboxylic acids is 2. The van der Waals surface area contributed by atoms with Crippen LogP contribution in [0.1, 0.15) is 18.1 Å². The van der Waals surface area contributed by atoms with Gasteiger partial charge in [-0.1, -0.05) is 42.5 Å². The summed E-state index contributed by atoms with van der Waals surface area (Å²) in [5, 5.41) is 2.56. The second-order valence-electron chi connectivity index (χ2n) is 7.37. The Morgan fingerprint density at radius 1 is 1.00 bits per heavy atom. The number of aryl methyl sites for hydroxylation is 1. The Balaban J connectivity index is 2.43. The summed E-state index contributed by atoms with van der Waals surface area (Å²) in [4.78, 5) is 27.1. The molecule has 0 aliphatic heterocycles. The lowest BCUT2D eigenvalue weighted by Gasteiger charge is -2.32. The first kappa shape index (κ1) is 24.4. The molecule has 0 heterocycles. The SMILES string of the molecule is CNC(=O)[C@@H](C)N(Cc1ccccc1C)C(=O)CN(c1ccccc1)S(=O)(=O)N(C)C. The van der Waals surface area contributed by atoms with Crippen LogP contribution in [-0.4, -0.2) is 63.2 Å². The second-order valence-corrected chi connectivity index (χ2v) is 9.44. The molecule has 2 aromatic carbocycles. The Kier molecular flexibility index (Phi) is 8.18. The van der Waals surface area contributed by atoms with Gasteiger partial charge in [0.1, 0.15) is 12.6 Å². The first-order valence-electron chi connectivity index (χ1n) is 9.90. The molecule has 9 heteroatoms. The lowest BCUT2D eigenvalue weighted by Crippen LogP contribution is -2.52. The molecular weight excluding hydrogens is 416 g/mol. The van der Waals surface area contributed by atoms with Gasteiger partial charge in [0.25, 0.3) is 0 Å². The molecule has 1 atom stereocenters. The van der Waals surface area contributed by atoms with Crippen LogP contribution < -0.4 is 9.62 Å². The van der Waals surface area contributed by atoms with E-state index in [0.717, 1.165) is 19.7 Å². The molecule has 31 heavy (non-hydrogen) atoms. The summed E-state index contributed by atoms with van der Waals surface area (Å²) in [5.41, 5.74) is 2.23. The van der Waals surface area contributed by atoms with E-state index in [2.05, 4.69) is 5.32 Å². The van der Waals surface area contributed by atoms with Crippen LogP contribution in [0, 0.1) is 6.92 Å². The summed E-state index contributed by atoms with van der Waals surface area (Å²) in [6.07, 6.45) is 0. The maximum absolute atomic E-state index is 13.4. The third-order valence-electron chi connectivity index (χ3n) is 5.08. The van der Waals surface area contributed by atoms with Gasteiger partial charge in [-0.25, -0.2) is 4.31 Å². The van der Waals surface area contributed by atoms with Gasteiger partial charge in [-0.2, -0.15) is 12.7 Å². The summed E-state index contributed by atoms with van der Waals surface area (Å²) < 4.78 is 28.0. The number of benzene rings is 2. The van der Waals surface area contributed by atoms with E-state index in [0.29, 0.717) is 5.69 Å². The smallest absolute Gasteiger partial charge is 0.304 e. The fraction of sp³-hybridized carbons (Fsp3) is 0.364. The topological polar surface area (TPSA) is 90.0 Å². The first-order chi connectivity index (χ1) is 14.6. The van der Waals surface area contributed by atoms with Crippen molar-refractivity contribution in [2.45, 2.75) is 26.4 Å². The van der Waals surface area contributed by atoms with Gasteiger partial charge < -0.3 is 10.2 Å². The number of rotatable bonds is 9. The summed E-state index contributed by atoms with van der Waals surface area (Å²) in [5.74, 6) is -0.808. The molecule has 0 bridgehead atoms. The summed E-state index contributed by atoms with van der Waals surface area (Å²) >= 11 is 0. The largest absolute Gasteiger partial charge is 0.357 e. The number of likely N-dealkylation sites (N-methyl/N-ethyl adjacent to an activating group) is 1. The van der Waals surface area contributed by atoms with Gasteiger partial charge >= 0.3 is 10.2 Å². The summed E-state index contributed by atoms with van der Waals surface area (Å²) in [6, 6.07) is 15.2. The van der Waals surface area contributed by atoms with E-state index in [4.69, 9.17) is 0 Å². The third kappa shape index (κ3) is 5.83. The Bertz CT molecular complexity index is 1010. The molecule has 0 spiro atoms. The summed E-state index contributed by atoms with van der Waals surface area (Å²) in [7, 11) is 0.389. The van der Waals surface area contributed by atoms with Crippen LogP contribution in [0.2, 0.25) is 0 Å². The Morgan fingerprint density at radius 2 is 1.58 bits per heavy atom. The van der Waals surface area contributed by atoms with Crippen LogP contribution in [-0.2, 0) is 26.3 Å². The van der Waals surface area contributed by atoms with Crippen molar-refractivity contribution in [3.8, 4) is 0 Å². The number of hydrogen-bond donors (Lipinski definition) is 1. The maximum Gasteiger partial charge on any atom is 0.304 e. The maximum atomic E-state index is 13.4. The third-order valence-corrected chi connectivity index (χ3v) is 6.90. The van der Waals surface area contributed by atoms with E-state index < -0.39 is 28.7 Å². The van der Waals surface area contributed by atoms with Gasteiger partial charge in [-0.3, -0.25) is 9.59 Å². The van der Waals surface area contributed by atoms with E-state index in [9.17, 15) is 18.0 Å². The van der Waals surface area contributed by atoms with E-state index in [-0.39, 0.29) is 12.5 Å². The van der Waals surface area contributed by atoms with E-state index in [1.54, 1.807) is 37.3 Å². The lowest BCUT2D eigenvalue weighted by atomic mass is 10.1. The van der Waals surface area contributed by atoms with Crippen LogP contribution in [0.25, 0.3) is 0 Å². The molecule has 0 aliphatic carbocycles. The molecule has 2 rings (SSSR count). The van der Waals surface area contributed by atoms with Crippen molar-refractivity contribution in [3.05, 3.63) is 65.7 Å². The molecule has 1 N–H and O–H groups in total. The Hall–Kier alpha value is -2.91. The van der Waals surface area contributed by atoms with Gasteiger partial charge in [0.15, 0.2) is 0 Å². The van der Waals surface area contributed by atoms with Gasteiger partial charge in [-0.05, 0) is 37.1 Å². The van der Waals surface area contributed by atoms with Crippen molar-refractivity contribution in [2.24, 2.45) is 0 Å². The molecule has 8 nitrogen and oxygen atoms in total. The summed E-state index contributed by atoms with van der Waals surface area (Å²) in [6.45, 7) is 3.31.